The van der Waals surface area contributed by atoms with Crippen molar-refractivity contribution in [1.29, 1.82) is 0 Å². The van der Waals surface area contributed by atoms with Crippen molar-refractivity contribution in [2.24, 2.45) is 17.8 Å². The summed E-state index contributed by atoms with van der Waals surface area (Å²) >= 11 is 0. The molecular formula is C10H17F. The topological polar surface area (TPSA) is 0 Å². The van der Waals surface area contributed by atoms with Crippen LogP contribution in [0.4, 0.5) is 4.39 Å². The van der Waals surface area contributed by atoms with Gasteiger partial charge in [-0.05, 0) is 30.8 Å². The van der Waals surface area contributed by atoms with Crippen LogP contribution in [0.15, 0.2) is 11.9 Å². The Labute approximate surface area is 68.5 Å². The molecule has 1 aliphatic rings. The molecule has 0 amide bonds. The van der Waals surface area contributed by atoms with Crippen LogP contribution < -0.4 is 0 Å². The number of hydrogen-bond donors (Lipinski definition) is 0. The van der Waals surface area contributed by atoms with Gasteiger partial charge >= 0.3 is 0 Å². The van der Waals surface area contributed by atoms with Gasteiger partial charge in [0.05, 0.1) is 5.83 Å². The first kappa shape index (κ1) is 8.76. The molecule has 0 aromatic carbocycles. The maximum Gasteiger partial charge on any atom is 0.0995 e. The van der Waals surface area contributed by atoms with E-state index in [9.17, 15) is 4.39 Å². The van der Waals surface area contributed by atoms with Crippen LogP contribution in [0.1, 0.15) is 33.6 Å². The van der Waals surface area contributed by atoms with Crippen LogP contribution >= 0.6 is 0 Å². The van der Waals surface area contributed by atoms with Crippen LogP contribution in [0.3, 0.4) is 0 Å². The molecule has 0 nitrogen and oxygen atoms in total. The van der Waals surface area contributed by atoms with E-state index in [0.29, 0.717) is 11.8 Å². The Morgan fingerprint density at radius 1 is 1.45 bits per heavy atom. The molecule has 11 heavy (non-hydrogen) atoms. The number of allylic oxidation sites excluding steroid dienone is 2. The number of rotatable bonds is 1. The van der Waals surface area contributed by atoms with Crippen molar-refractivity contribution in [3.05, 3.63) is 11.9 Å². The fourth-order valence-electron chi connectivity index (χ4n) is 1.71. The van der Waals surface area contributed by atoms with E-state index in [2.05, 4.69) is 20.8 Å². The molecule has 2 atom stereocenters. The van der Waals surface area contributed by atoms with Crippen LogP contribution in [-0.2, 0) is 0 Å². The summed E-state index contributed by atoms with van der Waals surface area (Å²) in [6.45, 7) is 6.26. The Kier molecular flexibility index (Phi) is 2.69. The summed E-state index contributed by atoms with van der Waals surface area (Å²) < 4.78 is 13.2. The highest BCUT2D eigenvalue weighted by atomic mass is 19.1. The van der Waals surface area contributed by atoms with Crippen molar-refractivity contribution in [3.63, 3.8) is 0 Å². The van der Waals surface area contributed by atoms with E-state index in [0.717, 1.165) is 12.8 Å². The molecule has 0 spiro atoms. The molecule has 0 N–H and O–H groups in total. The molecule has 0 aromatic heterocycles. The molecule has 0 radical (unpaired) electrons. The van der Waals surface area contributed by atoms with Gasteiger partial charge in [-0.3, -0.25) is 0 Å². The highest BCUT2D eigenvalue weighted by Crippen LogP contribution is 2.33. The quantitative estimate of drug-likeness (QED) is 0.544. The summed E-state index contributed by atoms with van der Waals surface area (Å²) in [6, 6.07) is 0. The SMILES string of the molecule is CC(C)[C@@H]1CC[C@H](C)C=C1F. The normalized spacial score (nSPS) is 32.3. The van der Waals surface area contributed by atoms with Crippen LogP contribution in [0.5, 0.6) is 0 Å². The Bertz CT molecular complexity index is 158. The van der Waals surface area contributed by atoms with Gasteiger partial charge in [-0.25, -0.2) is 4.39 Å². The summed E-state index contributed by atoms with van der Waals surface area (Å²) in [5.41, 5.74) is 0. The zero-order chi connectivity index (χ0) is 8.43. The van der Waals surface area contributed by atoms with Crippen molar-refractivity contribution in [2.75, 3.05) is 0 Å². The minimum absolute atomic E-state index is 0.124. The largest absolute Gasteiger partial charge is 0.212 e. The predicted molar refractivity (Wildman–Crippen MR) is 45.9 cm³/mol. The fourth-order valence-corrected chi connectivity index (χ4v) is 1.71. The van der Waals surface area contributed by atoms with E-state index in [4.69, 9.17) is 0 Å². The molecule has 0 aliphatic heterocycles. The van der Waals surface area contributed by atoms with Gasteiger partial charge in [0.1, 0.15) is 0 Å². The van der Waals surface area contributed by atoms with Gasteiger partial charge in [0, 0.05) is 5.92 Å². The maximum absolute atomic E-state index is 13.2. The minimum Gasteiger partial charge on any atom is -0.212 e. The number of halogens is 1. The lowest BCUT2D eigenvalue weighted by Crippen LogP contribution is -2.15. The van der Waals surface area contributed by atoms with Gasteiger partial charge < -0.3 is 0 Å². The standard InChI is InChI=1S/C10H17F/c1-7(2)9-5-4-8(3)6-10(9)11/h6-9H,4-5H2,1-3H3/t8-,9-/m0/s1. The molecule has 0 saturated heterocycles. The molecule has 1 aliphatic carbocycles. The fraction of sp³-hybridized carbons (Fsp3) is 0.800. The van der Waals surface area contributed by atoms with Crippen molar-refractivity contribution >= 4 is 0 Å². The first-order chi connectivity index (χ1) is 5.11. The Balaban J connectivity index is 2.64. The molecule has 1 heteroatoms. The average molecular weight is 156 g/mol. The Hall–Kier alpha value is -0.330. The second-order valence-corrected chi connectivity index (χ2v) is 3.96. The van der Waals surface area contributed by atoms with Gasteiger partial charge in [-0.2, -0.15) is 0 Å². The van der Waals surface area contributed by atoms with Gasteiger partial charge in [0.15, 0.2) is 0 Å². The van der Waals surface area contributed by atoms with Crippen LogP contribution in [0.2, 0.25) is 0 Å². The highest BCUT2D eigenvalue weighted by molar-refractivity contribution is 5.04. The molecule has 0 saturated carbocycles. The highest BCUT2D eigenvalue weighted by Gasteiger charge is 2.23. The van der Waals surface area contributed by atoms with Crippen molar-refractivity contribution in [1.82, 2.24) is 0 Å². The zero-order valence-electron chi connectivity index (χ0n) is 7.60. The molecular weight excluding hydrogens is 139 g/mol. The lowest BCUT2D eigenvalue weighted by atomic mass is 9.82. The summed E-state index contributed by atoms with van der Waals surface area (Å²) in [5, 5.41) is 0. The summed E-state index contributed by atoms with van der Waals surface area (Å²) in [6.07, 6.45) is 3.96. The molecule has 0 bridgehead atoms. The lowest BCUT2D eigenvalue weighted by molar-refractivity contribution is 0.303. The second-order valence-electron chi connectivity index (χ2n) is 3.96. The van der Waals surface area contributed by atoms with Crippen LogP contribution in [-0.4, -0.2) is 0 Å². The van der Waals surface area contributed by atoms with E-state index >= 15 is 0 Å². The summed E-state index contributed by atoms with van der Waals surface area (Å²) in [7, 11) is 0. The predicted octanol–water partition coefficient (Wildman–Crippen LogP) is 3.54. The van der Waals surface area contributed by atoms with Gasteiger partial charge in [0.25, 0.3) is 0 Å². The third-order valence-corrected chi connectivity index (χ3v) is 2.54. The van der Waals surface area contributed by atoms with Crippen molar-refractivity contribution < 1.29 is 4.39 Å². The molecule has 0 unspecified atom stereocenters. The molecule has 0 fully saturated rings. The summed E-state index contributed by atoms with van der Waals surface area (Å²) in [4.78, 5) is 0. The third kappa shape index (κ3) is 2.05. The first-order valence-corrected chi connectivity index (χ1v) is 4.48. The second kappa shape index (κ2) is 3.38. The van der Waals surface area contributed by atoms with E-state index in [1.165, 1.54) is 0 Å². The van der Waals surface area contributed by atoms with E-state index in [1.807, 2.05) is 0 Å². The smallest absolute Gasteiger partial charge is 0.0995 e. The molecule has 0 aromatic rings. The Morgan fingerprint density at radius 3 is 2.55 bits per heavy atom. The summed E-state index contributed by atoms with van der Waals surface area (Å²) in [5.74, 6) is 1.23. The van der Waals surface area contributed by atoms with Gasteiger partial charge in [0.2, 0.25) is 0 Å². The Morgan fingerprint density at radius 2 is 2.09 bits per heavy atom. The third-order valence-electron chi connectivity index (χ3n) is 2.54. The zero-order valence-corrected chi connectivity index (χ0v) is 7.60. The van der Waals surface area contributed by atoms with Crippen LogP contribution in [0, 0.1) is 17.8 Å². The lowest BCUT2D eigenvalue weighted by Gasteiger charge is -2.25. The number of hydrogen-bond acceptors (Lipinski definition) is 0. The van der Waals surface area contributed by atoms with E-state index < -0.39 is 0 Å². The van der Waals surface area contributed by atoms with Gasteiger partial charge in [-0.1, -0.05) is 20.8 Å². The first-order valence-electron chi connectivity index (χ1n) is 4.48. The van der Waals surface area contributed by atoms with Crippen molar-refractivity contribution in [3.8, 4) is 0 Å². The van der Waals surface area contributed by atoms with E-state index in [-0.39, 0.29) is 11.7 Å². The molecule has 64 valence electrons. The average Bonchev–Trinajstić information content (AvgIpc) is 1.85. The van der Waals surface area contributed by atoms with Crippen molar-refractivity contribution in [2.45, 2.75) is 33.6 Å². The van der Waals surface area contributed by atoms with E-state index in [1.54, 1.807) is 6.08 Å². The van der Waals surface area contributed by atoms with Crippen LogP contribution in [0.25, 0.3) is 0 Å². The molecule has 1 rings (SSSR count). The molecule has 0 heterocycles. The maximum atomic E-state index is 13.2. The van der Waals surface area contributed by atoms with Gasteiger partial charge in [-0.15, -0.1) is 0 Å². The minimum atomic E-state index is 0.124. The monoisotopic (exact) mass is 156 g/mol.